The first-order chi connectivity index (χ1) is 31.1. The van der Waals surface area contributed by atoms with E-state index in [4.69, 9.17) is 5.26 Å². The van der Waals surface area contributed by atoms with Crippen LogP contribution in [0, 0.1) is 23.1 Å². The Morgan fingerprint density at radius 2 is 1.62 bits per heavy atom. The largest absolute Gasteiger partial charge is 0.369 e. The van der Waals surface area contributed by atoms with Crippen molar-refractivity contribution in [2.75, 3.05) is 60.9 Å². The predicted molar refractivity (Wildman–Crippen MR) is 230 cm³/mol. The second-order valence-corrected chi connectivity index (χ2v) is 17.0. The van der Waals surface area contributed by atoms with E-state index in [0.29, 0.717) is 48.8 Å². The van der Waals surface area contributed by atoms with Crippen LogP contribution >= 0.6 is 0 Å². The van der Waals surface area contributed by atoms with Crippen molar-refractivity contribution in [3.8, 4) is 6.07 Å². The topological polar surface area (TPSA) is 215 Å². The number of anilines is 4. The molecule has 4 aliphatic heterocycles. The Labute approximate surface area is 366 Å². The van der Waals surface area contributed by atoms with Crippen LogP contribution in [0.15, 0.2) is 67.3 Å². The van der Waals surface area contributed by atoms with Crippen molar-refractivity contribution < 1.29 is 28.4 Å². The summed E-state index contributed by atoms with van der Waals surface area (Å²) in [6, 6.07) is 16.6. The highest BCUT2D eigenvalue weighted by Gasteiger charge is 2.45. The van der Waals surface area contributed by atoms with E-state index < -0.39 is 35.5 Å². The van der Waals surface area contributed by atoms with Gasteiger partial charge in [-0.1, -0.05) is 6.07 Å². The highest BCUT2D eigenvalue weighted by atomic mass is 19.1. The van der Waals surface area contributed by atoms with Crippen molar-refractivity contribution in [2.24, 2.45) is 5.92 Å². The minimum atomic E-state index is -1.10. The van der Waals surface area contributed by atoms with Crippen molar-refractivity contribution >= 4 is 63.6 Å². The van der Waals surface area contributed by atoms with E-state index in [2.05, 4.69) is 57.8 Å². The van der Waals surface area contributed by atoms with Gasteiger partial charge in [0, 0.05) is 75.7 Å². The summed E-state index contributed by atoms with van der Waals surface area (Å²) in [5, 5.41) is 17.7. The molecule has 1 atom stereocenters. The number of aromatic nitrogens is 5. The van der Waals surface area contributed by atoms with E-state index in [0.717, 1.165) is 67.9 Å². The van der Waals surface area contributed by atoms with Crippen LogP contribution in [0.25, 0.3) is 11.2 Å². The molecule has 5 amide bonds. The summed E-state index contributed by atoms with van der Waals surface area (Å²) < 4.78 is 17.5. The average Bonchev–Trinajstić information content (AvgIpc) is 3.83. The summed E-state index contributed by atoms with van der Waals surface area (Å²) in [7, 11) is 0. The number of piperazine rings is 1. The van der Waals surface area contributed by atoms with Crippen LogP contribution in [0.5, 0.6) is 0 Å². The Morgan fingerprint density at radius 3 is 2.36 bits per heavy atom. The van der Waals surface area contributed by atoms with Gasteiger partial charge < -0.3 is 25.0 Å². The molecule has 326 valence electrons. The third kappa shape index (κ3) is 7.74. The molecule has 2 aromatic carbocycles. The number of fused-ring (bicyclic) bond motifs is 2. The molecule has 3 saturated heterocycles. The lowest BCUT2D eigenvalue weighted by Crippen LogP contribution is -2.54. The maximum Gasteiger partial charge on any atom is 0.270 e. The van der Waals surface area contributed by atoms with Crippen LogP contribution in [0.4, 0.5) is 27.3 Å². The number of amides is 5. The summed E-state index contributed by atoms with van der Waals surface area (Å²) >= 11 is 0. The number of halogens is 1. The zero-order chi connectivity index (χ0) is 44.1. The predicted octanol–water partition coefficient (Wildman–Crippen LogP) is 3.55. The number of carbonyl (C=O) groups is 5. The lowest BCUT2D eigenvalue weighted by molar-refractivity contribution is -0.136. The van der Waals surface area contributed by atoms with Gasteiger partial charge in [0.25, 0.3) is 17.7 Å². The molecule has 19 heteroatoms. The second-order valence-electron chi connectivity index (χ2n) is 17.0. The summed E-state index contributed by atoms with van der Waals surface area (Å²) in [6.45, 7) is 5.79. The average molecular weight is 866 g/mol. The molecule has 18 nitrogen and oxygen atoms in total. The van der Waals surface area contributed by atoms with Crippen LogP contribution in [0.3, 0.4) is 0 Å². The third-order valence-electron chi connectivity index (χ3n) is 13.1. The van der Waals surface area contributed by atoms with E-state index in [1.165, 1.54) is 12.4 Å². The van der Waals surface area contributed by atoms with Gasteiger partial charge in [0.15, 0.2) is 17.0 Å². The molecule has 0 bridgehead atoms. The minimum absolute atomic E-state index is 0.0176. The molecule has 3 aromatic heterocycles. The first-order valence-corrected chi connectivity index (χ1v) is 21.6. The Balaban J connectivity index is 0.686. The van der Waals surface area contributed by atoms with Crippen molar-refractivity contribution in [1.82, 2.24) is 44.9 Å². The lowest BCUT2D eigenvalue weighted by atomic mass is 9.86. The number of hydrogen-bond donors (Lipinski definition) is 3. The smallest absolute Gasteiger partial charge is 0.270 e. The molecular formula is C45H44FN13O5. The summed E-state index contributed by atoms with van der Waals surface area (Å²) in [5.41, 5.74) is 4.09. The number of nitrogens with zero attached hydrogens (tertiary/aromatic N) is 10. The van der Waals surface area contributed by atoms with Crippen LogP contribution in [-0.2, 0) is 9.59 Å². The SMILES string of the molecule is N#Cc1cccc(C(=O)NC2CC(n3cnc4c(Nc5ccc(N6CCN(CC7CCN(c8cc9c(cc8F)C(=O)N([C@H]8CCC(=O)NC8=O)C9=O)CC7)CC6)cc5)ncnc43)C2)n1. The molecule has 0 unspecified atom stereocenters. The fourth-order valence-corrected chi connectivity index (χ4v) is 9.55. The minimum Gasteiger partial charge on any atom is -0.369 e. The molecule has 5 aromatic rings. The van der Waals surface area contributed by atoms with E-state index in [9.17, 15) is 24.0 Å². The molecule has 64 heavy (non-hydrogen) atoms. The molecule has 3 N–H and O–H groups in total. The first-order valence-electron chi connectivity index (χ1n) is 21.6. The number of rotatable bonds is 10. The highest BCUT2D eigenvalue weighted by molar-refractivity contribution is 6.23. The second kappa shape index (κ2) is 16.7. The van der Waals surface area contributed by atoms with Gasteiger partial charge in [-0.05, 0) is 86.6 Å². The van der Waals surface area contributed by atoms with Gasteiger partial charge in [0.1, 0.15) is 35.6 Å². The third-order valence-corrected chi connectivity index (χ3v) is 13.1. The summed E-state index contributed by atoms with van der Waals surface area (Å²) in [6.07, 6.45) is 6.50. The Morgan fingerprint density at radius 1 is 0.875 bits per heavy atom. The van der Waals surface area contributed by atoms with Crippen LogP contribution in [0.1, 0.15) is 81.5 Å². The van der Waals surface area contributed by atoms with E-state index >= 15 is 4.39 Å². The lowest BCUT2D eigenvalue weighted by Gasteiger charge is -2.40. The number of pyridine rings is 1. The van der Waals surface area contributed by atoms with E-state index in [1.807, 2.05) is 27.7 Å². The normalized spacial score (nSPS) is 21.7. The quantitative estimate of drug-likeness (QED) is 0.171. The Bertz CT molecular complexity index is 2730. The number of nitriles is 1. The van der Waals surface area contributed by atoms with Crippen LogP contribution in [0.2, 0.25) is 0 Å². The highest BCUT2D eigenvalue weighted by Crippen LogP contribution is 2.37. The fraction of sp³-hybridized carbons (Fsp3) is 0.378. The number of imide groups is 2. The molecule has 7 heterocycles. The standard InChI is InChI=1S/C45H44FN13O5/c46-34-20-32-33(45(64)59(44(32)63)36-8-9-38(60)54-43(36)62)21-37(34)57-12-10-26(11-13-57)23-55-14-16-56(17-15-55)30-6-4-27(5-7-30)52-40-39-41(49-24-48-40)58(25-50-39)31-18-29(19-31)53-42(61)35-3-1-2-28(22-47)51-35/h1-7,20-21,24-26,29,31,36H,8-19,23H2,(H,53,61)(H,48,49,52)(H,54,60,62)/t29?,31?,36-/m0/s1. The van der Waals surface area contributed by atoms with E-state index in [1.54, 1.807) is 24.5 Å². The zero-order valence-electron chi connectivity index (χ0n) is 34.7. The van der Waals surface area contributed by atoms with Crippen LogP contribution in [-0.4, -0.2) is 122 Å². The van der Waals surface area contributed by atoms with Crippen molar-refractivity contribution in [1.29, 1.82) is 5.26 Å². The molecular weight excluding hydrogens is 822 g/mol. The van der Waals surface area contributed by atoms with Gasteiger partial charge in [-0.25, -0.2) is 24.3 Å². The van der Waals surface area contributed by atoms with Gasteiger partial charge in [-0.15, -0.1) is 0 Å². The number of nitrogens with one attached hydrogen (secondary N) is 3. The number of piperidine rings is 2. The maximum atomic E-state index is 15.5. The van der Waals surface area contributed by atoms with E-state index in [-0.39, 0.29) is 59.0 Å². The first kappa shape index (κ1) is 40.7. The molecule has 1 saturated carbocycles. The molecule has 4 fully saturated rings. The van der Waals surface area contributed by atoms with Crippen LogP contribution < -0.4 is 25.8 Å². The van der Waals surface area contributed by atoms with Gasteiger partial charge in [0.05, 0.1) is 23.1 Å². The van der Waals surface area contributed by atoms with Gasteiger partial charge in [-0.3, -0.25) is 39.1 Å². The molecule has 1 aliphatic carbocycles. The number of benzene rings is 2. The Kier molecular flexibility index (Phi) is 10.7. The van der Waals surface area contributed by atoms with Crippen molar-refractivity contribution in [3.63, 3.8) is 0 Å². The fourth-order valence-electron chi connectivity index (χ4n) is 9.55. The Hall–Kier alpha value is -7.33. The van der Waals surface area contributed by atoms with Gasteiger partial charge in [0.2, 0.25) is 11.8 Å². The molecule has 0 radical (unpaired) electrons. The molecule has 0 spiro atoms. The summed E-state index contributed by atoms with van der Waals surface area (Å²) in [4.78, 5) is 88.7. The maximum absolute atomic E-state index is 15.5. The number of hydrogen-bond acceptors (Lipinski definition) is 14. The van der Waals surface area contributed by atoms with Crippen molar-refractivity contribution in [3.05, 3.63) is 95.6 Å². The number of carbonyl (C=O) groups excluding carboxylic acids is 5. The van der Waals surface area contributed by atoms with Gasteiger partial charge in [-0.2, -0.15) is 5.26 Å². The monoisotopic (exact) mass is 865 g/mol. The van der Waals surface area contributed by atoms with Gasteiger partial charge >= 0.3 is 0 Å². The number of imidazole rings is 1. The zero-order valence-corrected chi connectivity index (χ0v) is 34.7. The molecule has 10 rings (SSSR count). The summed E-state index contributed by atoms with van der Waals surface area (Å²) in [5.74, 6) is -2.35. The van der Waals surface area contributed by atoms with Crippen molar-refractivity contribution in [2.45, 2.75) is 56.7 Å². The molecule has 5 aliphatic rings.